The molecule has 14 atom stereocenters. The van der Waals surface area contributed by atoms with E-state index in [0.29, 0.717) is 26.1 Å². The van der Waals surface area contributed by atoms with Crippen LogP contribution < -0.4 is 0 Å². The molecule has 11 nitrogen and oxygen atoms in total. The van der Waals surface area contributed by atoms with Crippen molar-refractivity contribution < 1.29 is 51.6 Å². The highest BCUT2D eigenvalue weighted by Crippen LogP contribution is 2.83. The molecule has 13 heteroatoms. The SMILES string of the molecule is CCC1O[C@@H](OCCCC(=O)O[C@@H]2[C@@]3(C(C)C)O[C@H]3[C@@H]3O[C@]34[C@]23O[C@H]3C[C@H]2C3=C(CC[C@@]24C)C(=O)OC3)C(C)[C@@H](O[Si](CC)(CC)CC)[C@@H]1O[Si](CC)(CC)CC. The molecule has 0 aromatic heterocycles. The lowest BCUT2D eigenvalue weighted by atomic mass is 9.46. The summed E-state index contributed by atoms with van der Waals surface area (Å²) >= 11 is 0. The van der Waals surface area contributed by atoms with E-state index in [2.05, 4.69) is 76.2 Å². The minimum absolute atomic E-state index is 0.0293. The van der Waals surface area contributed by atoms with Crippen LogP contribution in [0.2, 0.25) is 36.3 Å². The number of fused-ring (bicyclic) bond motifs is 4. The van der Waals surface area contributed by atoms with E-state index in [0.717, 1.165) is 66.7 Å². The Kier molecular flexibility index (Phi) is 11.2. The van der Waals surface area contributed by atoms with Crippen molar-refractivity contribution in [3.8, 4) is 0 Å². The number of hydrogen-bond donors (Lipinski definition) is 0. The van der Waals surface area contributed by atoms with Crippen LogP contribution in [-0.2, 0) is 51.6 Å². The van der Waals surface area contributed by atoms with Crippen molar-refractivity contribution in [3.05, 3.63) is 11.1 Å². The highest BCUT2D eigenvalue weighted by atomic mass is 28.4. The molecule has 57 heavy (non-hydrogen) atoms. The molecule has 0 aromatic rings. The lowest BCUT2D eigenvalue weighted by Gasteiger charge is -2.53. The topological polar surface area (TPSA) is 127 Å². The van der Waals surface area contributed by atoms with E-state index < -0.39 is 45.8 Å². The summed E-state index contributed by atoms with van der Waals surface area (Å²) in [6, 6.07) is 6.44. The molecule has 0 radical (unpaired) electrons. The van der Waals surface area contributed by atoms with E-state index in [1.54, 1.807) is 0 Å². The van der Waals surface area contributed by atoms with Crippen LogP contribution in [0.4, 0.5) is 0 Å². The Morgan fingerprint density at radius 3 is 2.16 bits per heavy atom. The molecule has 8 aliphatic rings. The summed E-state index contributed by atoms with van der Waals surface area (Å²) in [6.45, 7) is 25.4. The van der Waals surface area contributed by atoms with Crippen LogP contribution in [0.15, 0.2) is 11.1 Å². The molecule has 322 valence electrons. The highest BCUT2D eigenvalue weighted by molar-refractivity contribution is 6.74. The maximum absolute atomic E-state index is 14.0. The van der Waals surface area contributed by atoms with E-state index in [4.69, 9.17) is 42.0 Å². The van der Waals surface area contributed by atoms with Crippen molar-refractivity contribution in [1.29, 1.82) is 0 Å². The van der Waals surface area contributed by atoms with Gasteiger partial charge in [0.15, 0.2) is 34.6 Å². The van der Waals surface area contributed by atoms with Gasteiger partial charge in [0.1, 0.15) is 30.0 Å². The van der Waals surface area contributed by atoms with Crippen molar-refractivity contribution in [3.63, 3.8) is 0 Å². The third-order valence-corrected chi connectivity index (χ3v) is 26.4. The molecule has 0 N–H and O–H groups in total. The quantitative estimate of drug-likeness (QED) is 0.0577. The third kappa shape index (κ3) is 5.99. The van der Waals surface area contributed by atoms with Crippen molar-refractivity contribution in [1.82, 2.24) is 0 Å². The maximum atomic E-state index is 14.0. The first-order valence-corrected chi connectivity index (χ1v) is 28.0. The van der Waals surface area contributed by atoms with Crippen LogP contribution >= 0.6 is 0 Å². The van der Waals surface area contributed by atoms with Gasteiger partial charge in [0.25, 0.3) is 0 Å². The molecule has 4 saturated heterocycles. The fourth-order valence-corrected chi connectivity index (χ4v) is 18.7. The second-order valence-electron chi connectivity index (χ2n) is 19.3. The standard InChI is InChI=1S/C44H72O11Si2/c1-12-31-35(55-57(16-5,17-6)18-7)34(54-56(13-2,14-3)15-4)27(10)39(49-31)47-23-19-20-33(45)50-40-42(26(8)9)36(52-42)37-44(53-37)41(11)22-21-28-29(25-48-38(28)46)30(41)24-32-43(40,44)51-32/h26-27,30-32,34-37,39-40H,12-25H2,1-11H3/t27?,30-,31?,32-,34+,35+,36-,37-,39+,40+,41-,42-,43+,44+/m0/s1. The molecular weight excluding hydrogens is 761 g/mol. The van der Waals surface area contributed by atoms with Gasteiger partial charge in [0.2, 0.25) is 0 Å². The molecule has 0 bridgehead atoms. The summed E-state index contributed by atoms with van der Waals surface area (Å²) in [4.78, 5) is 26.6. The predicted octanol–water partition coefficient (Wildman–Crippen LogP) is 8.00. The first-order valence-electron chi connectivity index (χ1n) is 23.0. The second-order valence-corrected chi connectivity index (χ2v) is 28.8. The number of ether oxygens (including phenoxy) is 7. The molecule has 3 aliphatic carbocycles. The van der Waals surface area contributed by atoms with E-state index >= 15 is 0 Å². The van der Waals surface area contributed by atoms with E-state index in [1.165, 1.54) is 0 Å². The van der Waals surface area contributed by atoms with Gasteiger partial charge in [-0.3, -0.25) is 4.79 Å². The Morgan fingerprint density at radius 1 is 0.895 bits per heavy atom. The van der Waals surface area contributed by atoms with E-state index in [1.807, 2.05) is 0 Å². The number of rotatable bonds is 18. The van der Waals surface area contributed by atoms with Crippen LogP contribution in [-0.4, -0.2) is 108 Å². The van der Waals surface area contributed by atoms with Crippen molar-refractivity contribution in [2.24, 2.45) is 23.2 Å². The first kappa shape index (κ1) is 42.5. The largest absolute Gasteiger partial charge is 0.458 e. The maximum Gasteiger partial charge on any atom is 0.334 e. The molecule has 6 fully saturated rings. The van der Waals surface area contributed by atoms with Crippen LogP contribution in [0.5, 0.6) is 0 Å². The van der Waals surface area contributed by atoms with E-state index in [-0.39, 0.29) is 78.2 Å². The Morgan fingerprint density at radius 2 is 1.54 bits per heavy atom. The Labute approximate surface area is 343 Å². The summed E-state index contributed by atoms with van der Waals surface area (Å²) in [5, 5.41) is 0. The zero-order valence-electron chi connectivity index (χ0n) is 36.7. The minimum Gasteiger partial charge on any atom is -0.458 e. The summed E-state index contributed by atoms with van der Waals surface area (Å²) in [5.74, 6) is -0.243. The van der Waals surface area contributed by atoms with Crippen molar-refractivity contribution in [2.45, 2.75) is 217 Å². The lowest BCUT2D eigenvalue weighted by molar-refractivity contribution is -0.271. The smallest absolute Gasteiger partial charge is 0.334 e. The van der Waals surface area contributed by atoms with Gasteiger partial charge < -0.3 is 42.0 Å². The molecule has 5 aliphatic heterocycles. The number of cyclic esters (lactones) is 1. The molecular formula is C44H72O11Si2. The molecule has 5 heterocycles. The molecule has 0 amide bonds. The van der Waals surface area contributed by atoms with Gasteiger partial charge in [-0.2, -0.15) is 0 Å². The van der Waals surface area contributed by atoms with Crippen LogP contribution in [0, 0.1) is 23.2 Å². The van der Waals surface area contributed by atoms with Crippen molar-refractivity contribution >= 4 is 28.6 Å². The number of carbonyl (C=O) groups is 2. The van der Waals surface area contributed by atoms with Gasteiger partial charge in [-0.25, -0.2) is 4.79 Å². The molecule has 2 saturated carbocycles. The third-order valence-electron chi connectivity index (χ3n) is 17.1. The van der Waals surface area contributed by atoms with Crippen LogP contribution in [0.25, 0.3) is 0 Å². The molecule has 2 unspecified atom stereocenters. The minimum atomic E-state index is -1.99. The summed E-state index contributed by atoms with van der Waals surface area (Å²) in [6.07, 6.45) is 1.96. The average Bonchev–Trinajstić information content (AvgIpc) is 4.15. The Balaban J connectivity index is 0.951. The number of esters is 2. The molecule has 2 spiro atoms. The zero-order valence-corrected chi connectivity index (χ0v) is 38.7. The summed E-state index contributed by atoms with van der Waals surface area (Å²) < 4.78 is 60.4. The van der Waals surface area contributed by atoms with Crippen LogP contribution in [0.3, 0.4) is 0 Å². The van der Waals surface area contributed by atoms with Gasteiger partial charge in [-0.05, 0) is 85.8 Å². The monoisotopic (exact) mass is 832 g/mol. The summed E-state index contributed by atoms with van der Waals surface area (Å²) in [5.41, 5.74) is -0.350. The number of carbonyl (C=O) groups excluding carboxylic acids is 2. The Hall–Kier alpha value is -1.17. The van der Waals surface area contributed by atoms with Gasteiger partial charge in [0, 0.05) is 23.3 Å². The zero-order chi connectivity index (χ0) is 40.9. The highest BCUT2D eigenvalue weighted by Gasteiger charge is 3.01. The fraction of sp³-hybridized carbons (Fsp3) is 0.909. The van der Waals surface area contributed by atoms with Gasteiger partial charge in [0.05, 0.1) is 31.0 Å². The Bertz CT molecular complexity index is 1580. The number of epoxide rings is 3. The lowest BCUT2D eigenvalue weighted by Crippen LogP contribution is -2.70. The molecule has 0 aromatic carbocycles. The van der Waals surface area contributed by atoms with Crippen LogP contribution in [0.1, 0.15) is 115 Å². The van der Waals surface area contributed by atoms with Crippen molar-refractivity contribution in [2.75, 3.05) is 13.2 Å². The number of hydrogen-bond acceptors (Lipinski definition) is 11. The van der Waals surface area contributed by atoms with E-state index in [9.17, 15) is 9.59 Å². The van der Waals surface area contributed by atoms with Gasteiger partial charge in [-0.15, -0.1) is 0 Å². The second kappa shape index (κ2) is 15.0. The predicted molar refractivity (Wildman–Crippen MR) is 218 cm³/mol. The average molecular weight is 833 g/mol. The first-order chi connectivity index (χ1) is 27.2. The molecule has 8 rings (SSSR count). The summed E-state index contributed by atoms with van der Waals surface area (Å²) in [7, 11) is -3.94. The van der Waals surface area contributed by atoms with Gasteiger partial charge in [-0.1, -0.05) is 76.2 Å². The van der Waals surface area contributed by atoms with Gasteiger partial charge >= 0.3 is 11.9 Å². The normalized spacial score (nSPS) is 44.0. The fourth-order valence-electron chi connectivity index (χ4n) is 12.9.